The molecule has 0 spiro atoms. The highest BCUT2D eigenvalue weighted by molar-refractivity contribution is 5.49. The summed E-state index contributed by atoms with van der Waals surface area (Å²) in [6.07, 6.45) is 1.84. The van der Waals surface area contributed by atoms with E-state index in [9.17, 15) is 4.79 Å². The van der Waals surface area contributed by atoms with Crippen molar-refractivity contribution in [3.63, 3.8) is 0 Å². The van der Waals surface area contributed by atoms with E-state index < -0.39 is 0 Å². The lowest BCUT2D eigenvalue weighted by Crippen LogP contribution is -2.46. The van der Waals surface area contributed by atoms with Crippen LogP contribution in [0.1, 0.15) is 11.3 Å². The molecule has 1 fully saturated rings. The van der Waals surface area contributed by atoms with Gasteiger partial charge in [0.25, 0.3) is 5.56 Å². The first-order chi connectivity index (χ1) is 13.1. The lowest BCUT2D eigenvalue weighted by atomic mass is 10.2. The molecule has 4 rings (SSSR count). The molecule has 0 amide bonds. The average Bonchev–Trinajstić information content (AvgIpc) is 2.69. The molecule has 0 aliphatic carbocycles. The van der Waals surface area contributed by atoms with Crippen molar-refractivity contribution in [2.75, 3.05) is 38.2 Å². The second-order valence-corrected chi connectivity index (χ2v) is 6.98. The van der Waals surface area contributed by atoms with Gasteiger partial charge in [0.05, 0.1) is 12.8 Å². The molecule has 1 aliphatic heterocycles. The number of ether oxygens (including phenoxy) is 1. The highest BCUT2D eigenvalue weighted by atomic mass is 16.5. The number of hydrogen-bond acceptors (Lipinski definition) is 5. The zero-order valence-electron chi connectivity index (χ0n) is 15.8. The number of piperazine rings is 1. The first-order valence-corrected chi connectivity index (χ1v) is 9.23. The third kappa shape index (κ3) is 3.80. The van der Waals surface area contributed by atoms with Crippen LogP contribution in [0.4, 0.5) is 5.69 Å². The van der Waals surface area contributed by atoms with Gasteiger partial charge in [-0.3, -0.25) is 14.1 Å². The Morgan fingerprint density at radius 2 is 1.78 bits per heavy atom. The van der Waals surface area contributed by atoms with Gasteiger partial charge in [-0.25, -0.2) is 4.98 Å². The van der Waals surface area contributed by atoms with Gasteiger partial charge in [-0.05, 0) is 42.8 Å². The number of anilines is 1. The fraction of sp³-hybridized carbons (Fsp3) is 0.333. The lowest BCUT2D eigenvalue weighted by Gasteiger charge is -2.36. The molecule has 3 aromatic rings. The molecule has 1 saturated heterocycles. The van der Waals surface area contributed by atoms with Crippen LogP contribution >= 0.6 is 0 Å². The standard InChI is InChI=1S/C21H24N4O2/c1-16-3-8-20-22-17(13-21(26)25(20)14-16)15-23-9-11-24(12-10-23)18-4-6-19(27-2)7-5-18/h3-8,13-14H,9-12,15H2,1-2H3. The number of nitrogens with zero attached hydrogens (tertiary/aromatic N) is 4. The summed E-state index contributed by atoms with van der Waals surface area (Å²) in [7, 11) is 1.68. The van der Waals surface area contributed by atoms with E-state index in [-0.39, 0.29) is 5.56 Å². The molecule has 27 heavy (non-hydrogen) atoms. The van der Waals surface area contributed by atoms with Crippen LogP contribution in [-0.2, 0) is 6.54 Å². The molecule has 1 aromatic carbocycles. The maximum absolute atomic E-state index is 12.4. The van der Waals surface area contributed by atoms with Crippen LogP contribution in [0.2, 0.25) is 0 Å². The van der Waals surface area contributed by atoms with Crippen LogP contribution in [0.5, 0.6) is 5.75 Å². The zero-order chi connectivity index (χ0) is 18.8. The first kappa shape index (κ1) is 17.5. The quantitative estimate of drug-likeness (QED) is 0.711. The molecule has 3 heterocycles. The lowest BCUT2D eigenvalue weighted by molar-refractivity contribution is 0.247. The van der Waals surface area contributed by atoms with Gasteiger partial charge in [0, 0.05) is 50.7 Å². The van der Waals surface area contributed by atoms with Crippen LogP contribution < -0.4 is 15.2 Å². The highest BCUT2D eigenvalue weighted by Crippen LogP contribution is 2.20. The Hall–Kier alpha value is -2.86. The SMILES string of the molecule is COc1ccc(N2CCN(Cc3cc(=O)n4cc(C)ccc4n3)CC2)cc1. The number of benzene rings is 1. The maximum atomic E-state index is 12.4. The molecule has 0 radical (unpaired) electrons. The van der Waals surface area contributed by atoms with Crippen LogP contribution in [0.25, 0.3) is 5.65 Å². The molecule has 0 atom stereocenters. The Labute approximate surface area is 158 Å². The fourth-order valence-electron chi connectivity index (χ4n) is 3.53. The summed E-state index contributed by atoms with van der Waals surface area (Å²) in [6, 6.07) is 13.7. The van der Waals surface area contributed by atoms with Gasteiger partial charge in [-0.15, -0.1) is 0 Å². The van der Waals surface area contributed by atoms with Crippen LogP contribution in [-0.4, -0.2) is 47.6 Å². The van der Waals surface area contributed by atoms with Gasteiger partial charge in [-0.2, -0.15) is 0 Å². The minimum absolute atomic E-state index is 0.0180. The Morgan fingerprint density at radius 1 is 1.04 bits per heavy atom. The van der Waals surface area contributed by atoms with Crippen molar-refractivity contribution in [1.82, 2.24) is 14.3 Å². The summed E-state index contributed by atoms with van der Waals surface area (Å²) in [5.41, 5.74) is 3.79. The molecule has 140 valence electrons. The summed E-state index contributed by atoms with van der Waals surface area (Å²) in [5, 5.41) is 0. The minimum atomic E-state index is -0.0180. The molecular formula is C21H24N4O2. The Balaban J connectivity index is 1.42. The zero-order valence-corrected chi connectivity index (χ0v) is 15.8. The Bertz CT molecular complexity index is 989. The highest BCUT2D eigenvalue weighted by Gasteiger charge is 2.18. The summed E-state index contributed by atoms with van der Waals surface area (Å²) in [4.78, 5) is 21.8. The summed E-state index contributed by atoms with van der Waals surface area (Å²) in [5.74, 6) is 0.876. The number of fused-ring (bicyclic) bond motifs is 1. The minimum Gasteiger partial charge on any atom is -0.497 e. The van der Waals surface area contributed by atoms with Gasteiger partial charge in [0.15, 0.2) is 0 Å². The molecule has 0 saturated carbocycles. The largest absolute Gasteiger partial charge is 0.497 e. The molecule has 2 aromatic heterocycles. The third-order valence-corrected chi connectivity index (χ3v) is 5.06. The second kappa shape index (κ2) is 7.40. The van der Waals surface area contributed by atoms with Gasteiger partial charge in [0.1, 0.15) is 11.4 Å². The smallest absolute Gasteiger partial charge is 0.258 e. The Kier molecular flexibility index (Phi) is 4.81. The molecule has 6 heteroatoms. The number of aromatic nitrogens is 2. The number of pyridine rings is 1. The molecule has 1 aliphatic rings. The van der Waals surface area contributed by atoms with E-state index in [1.165, 1.54) is 5.69 Å². The normalized spacial score (nSPS) is 15.3. The van der Waals surface area contributed by atoms with E-state index in [1.807, 2.05) is 37.4 Å². The molecular weight excluding hydrogens is 340 g/mol. The molecule has 0 bridgehead atoms. The second-order valence-electron chi connectivity index (χ2n) is 6.98. The number of rotatable bonds is 4. The topological polar surface area (TPSA) is 50.1 Å². The van der Waals surface area contributed by atoms with Crippen molar-refractivity contribution in [3.05, 3.63) is 70.3 Å². The third-order valence-electron chi connectivity index (χ3n) is 5.06. The van der Waals surface area contributed by atoms with Crippen molar-refractivity contribution in [2.45, 2.75) is 13.5 Å². The fourth-order valence-corrected chi connectivity index (χ4v) is 3.53. The van der Waals surface area contributed by atoms with Crippen LogP contribution in [0.15, 0.2) is 53.5 Å². The van der Waals surface area contributed by atoms with E-state index in [4.69, 9.17) is 4.74 Å². The van der Waals surface area contributed by atoms with Gasteiger partial charge in [-0.1, -0.05) is 6.07 Å². The van der Waals surface area contributed by atoms with Gasteiger partial charge in [0.2, 0.25) is 0 Å². The monoisotopic (exact) mass is 364 g/mol. The van der Waals surface area contributed by atoms with E-state index in [0.29, 0.717) is 12.2 Å². The molecule has 6 nitrogen and oxygen atoms in total. The summed E-state index contributed by atoms with van der Waals surface area (Å²) in [6.45, 7) is 6.48. The first-order valence-electron chi connectivity index (χ1n) is 9.23. The molecule has 0 unspecified atom stereocenters. The van der Waals surface area contributed by atoms with Crippen molar-refractivity contribution in [3.8, 4) is 5.75 Å². The van der Waals surface area contributed by atoms with Gasteiger partial charge < -0.3 is 9.64 Å². The van der Waals surface area contributed by atoms with E-state index in [1.54, 1.807) is 17.6 Å². The summed E-state index contributed by atoms with van der Waals surface area (Å²) < 4.78 is 6.84. The maximum Gasteiger partial charge on any atom is 0.258 e. The van der Waals surface area contributed by atoms with Crippen molar-refractivity contribution < 1.29 is 4.74 Å². The van der Waals surface area contributed by atoms with Crippen LogP contribution in [0, 0.1) is 6.92 Å². The average molecular weight is 364 g/mol. The molecule has 0 N–H and O–H groups in total. The number of methoxy groups -OCH3 is 1. The van der Waals surface area contributed by atoms with Gasteiger partial charge >= 0.3 is 0 Å². The van der Waals surface area contributed by atoms with E-state index >= 15 is 0 Å². The van der Waals surface area contributed by atoms with Crippen molar-refractivity contribution in [2.24, 2.45) is 0 Å². The van der Waals surface area contributed by atoms with E-state index in [0.717, 1.165) is 43.2 Å². The number of hydrogen-bond donors (Lipinski definition) is 0. The number of aryl methyl sites for hydroxylation is 1. The predicted octanol–water partition coefficient (Wildman–Crippen LogP) is 2.33. The van der Waals surface area contributed by atoms with Crippen molar-refractivity contribution >= 4 is 11.3 Å². The Morgan fingerprint density at radius 3 is 2.48 bits per heavy atom. The predicted molar refractivity (Wildman–Crippen MR) is 107 cm³/mol. The van der Waals surface area contributed by atoms with Crippen LogP contribution in [0.3, 0.4) is 0 Å². The van der Waals surface area contributed by atoms with Crippen molar-refractivity contribution in [1.29, 1.82) is 0 Å². The summed E-state index contributed by atoms with van der Waals surface area (Å²) >= 11 is 0. The van der Waals surface area contributed by atoms with E-state index in [2.05, 4.69) is 26.9 Å².